The molecular weight excluding hydrogens is 276 g/mol. The number of nitrogens with one attached hydrogen (secondary N) is 2. The average Bonchev–Trinajstić information content (AvgIpc) is 2.95. The van der Waals surface area contributed by atoms with Crippen molar-refractivity contribution < 1.29 is 14.7 Å². The van der Waals surface area contributed by atoms with E-state index < -0.39 is 11.4 Å². The second kappa shape index (κ2) is 5.83. The number of carboxylic acids is 1. The van der Waals surface area contributed by atoms with Gasteiger partial charge in [0.2, 0.25) is 0 Å². The zero-order chi connectivity index (χ0) is 14.8. The van der Waals surface area contributed by atoms with Crippen molar-refractivity contribution in [3.8, 4) is 0 Å². The number of carboxylic acid groups (broad SMARTS) is 1. The summed E-state index contributed by atoms with van der Waals surface area (Å²) in [5.74, 6) is -0.839. The van der Waals surface area contributed by atoms with Gasteiger partial charge in [0.05, 0.1) is 12.0 Å². The molecule has 1 aliphatic carbocycles. The number of hydrogen-bond donors (Lipinski definition) is 3. The number of carbonyl (C=O) groups excluding carboxylic acids is 1. The van der Waals surface area contributed by atoms with Crippen LogP contribution in [0.15, 0.2) is 11.4 Å². The van der Waals surface area contributed by atoms with Crippen LogP contribution < -0.4 is 10.6 Å². The van der Waals surface area contributed by atoms with E-state index in [1.807, 2.05) is 18.4 Å². The van der Waals surface area contributed by atoms with Gasteiger partial charge < -0.3 is 15.7 Å². The fourth-order valence-corrected chi connectivity index (χ4v) is 3.45. The molecule has 0 radical (unpaired) electrons. The molecule has 1 saturated carbocycles. The van der Waals surface area contributed by atoms with E-state index in [0.717, 1.165) is 16.9 Å². The molecule has 1 heterocycles. The van der Waals surface area contributed by atoms with Gasteiger partial charge in [0, 0.05) is 10.9 Å². The number of amides is 2. The molecule has 1 aliphatic rings. The molecule has 1 aromatic heterocycles. The van der Waals surface area contributed by atoms with Crippen LogP contribution in [0, 0.1) is 12.3 Å². The Balaban J connectivity index is 1.88. The number of aliphatic carboxylic acids is 1. The molecule has 0 aromatic carbocycles. The highest BCUT2D eigenvalue weighted by atomic mass is 32.1. The average molecular weight is 296 g/mol. The van der Waals surface area contributed by atoms with Gasteiger partial charge in [-0.1, -0.05) is 6.42 Å². The zero-order valence-electron chi connectivity index (χ0n) is 11.7. The van der Waals surface area contributed by atoms with Gasteiger partial charge in [0.15, 0.2) is 0 Å². The maximum absolute atomic E-state index is 11.9. The fourth-order valence-electron chi connectivity index (χ4n) is 2.61. The Morgan fingerprint density at radius 1 is 1.55 bits per heavy atom. The maximum Gasteiger partial charge on any atom is 0.315 e. The fraction of sp³-hybridized carbons (Fsp3) is 0.571. The largest absolute Gasteiger partial charge is 0.481 e. The minimum Gasteiger partial charge on any atom is -0.481 e. The molecule has 110 valence electrons. The molecule has 3 N–H and O–H groups in total. The molecule has 0 spiro atoms. The lowest BCUT2D eigenvalue weighted by atomic mass is 9.85. The van der Waals surface area contributed by atoms with Crippen LogP contribution in [0.25, 0.3) is 0 Å². The van der Waals surface area contributed by atoms with Crippen LogP contribution in [-0.4, -0.2) is 23.1 Å². The number of rotatable bonds is 4. The summed E-state index contributed by atoms with van der Waals surface area (Å²) in [5.41, 5.74) is 0.308. The number of aryl methyl sites for hydroxylation is 1. The standard InChI is InChI=1S/C14H20N2O3S/c1-9-5-7-20-10(9)8-15-13(19)16-11-4-3-6-14(11,2)12(17)18/h5,7,11H,3-4,6,8H2,1-2H3,(H,17,18)(H2,15,16,19). The Kier molecular flexibility index (Phi) is 4.32. The van der Waals surface area contributed by atoms with Crippen LogP contribution in [0.2, 0.25) is 0 Å². The van der Waals surface area contributed by atoms with Gasteiger partial charge in [-0.2, -0.15) is 0 Å². The third-order valence-corrected chi connectivity index (χ3v) is 5.15. The van der Waals surface area contributed by atoms with Crippen LogP contribution in [0.4, 0.5) is 4.79 Å². The third kappa shape index (κ3) is 2.95. The molecule has 5 nitrogen and oxygen atoms in total. The van der Waals surface area contributed by atoms with Crippen molar-refractivity contribution in [1.29, 1.82) is 0 Å². The molecule has 20 heavy (non-hydrogen) atoms. The number of carbonyl (C=O) groups is 2. The van der Waals surface area contributed by atoms with Gasteiger partial charge in [0.25, 0.3) is 0 Å². The summed E-state index contributed by atoms with van der Waals surface area (Å²) in [6, 6.07) is 1.42. The van der Waals surface area contributed by atoms with Crippen LogP contribution in [0.3, 0.4) is 0 Å². The van der Waals surface area contributed by atoms with Crippen LogP contribution in [0.1, 0.15) is 36.6 Å². The molecule has 0 saturated heterocycles. The Labute approximate surface area is 122 Å². The van der Waals surface area contributed by atoms with Gasteiger partial charge in [0.1, 0.15) is 0 Å². The summed E-state index contributed by atoms with van der Waals surface area (Å²) in [6.45, 7) is 4.19. The summed E-state index contributed by atoms with van der Waals surface area (Å²) in [4.78, 5) is 24.4. The van der Waals surface area contributed by atoms with Crippen molar-refractivity contribution in [2.45, 2.75) is 45.7 Å². The highest BCUT2D eigenvalue weighted by Gasteiger charge is 2.45. The molecule has 2 amide bonds. The summed E-state index contributed by atoms with van der Waals surface area (Å²) in [5, 5.41) is 16.9. The van der Waals surface area contributed by atoms with Crippen LogP contribution in [-0.2, 0) is 11.3 Å². The van der Waals surface area contributed by atoms with E-state index in [1.165, 1.54) is 0 Å². The smallest absolute Gasteiger partial charge is 0.315 e. The number of urea groups is 1. The first kappa shape index (κ1) is 14.8. The predicted molar refractivity (Wildman–Crippen MR) is 77.8 cm³/mol. The van der Waals surface area contributed by atoms with Crippen molar-refractivity contribution in [1.82, 2.24) is 10.6 Å². The highest BCUT2D eigenvalue weighted by Crippen LogP contribution is 2.38. The second-order valence-corrected chi connectivity index (χ2v) is 6.52. The van der Waals surface area contributed by atoms with Crippen molar-refractivity contribution in [2.75, 3.05) is 0 Å². The topological polar surface area (TPSA) is 78.4 Å². The Hall–Kier alpha value is -1.56. The Morgan fingerprint density at radius 3 is 2.90 bits per heavy atom. The summed E-state index contributed by atoms with van der Waals surface area (Å²) in [6.07, 6.45) is 2.16. The van der Waals surface area contributed by atoms with Crippen molar-refractivity contribution in [3.63, 3.8) is 0 Å². The van der Waals surface area contributed by atoms with Gasteiger partial charge in [-0.15, -0.1) is 11.3 Å². The Morgan fingerprint density at radius 2 is 2.30 bits per heavy atom. The molecule has 0 bridgehead atoms. The first-order chi connectivity index (χ1) is 9.43. The minimum absolute atomic E-state index is 0.294. The first-order valence-electron chi connectivity index (χ1n) is 6.74. The molecular formula is C14H20N2O3S. The highest BCUT2D eigenvalue weighted by molar-refractivity contribution is 7.10. The quantitative estimate of drug-likeness (QED) is 0.798. The van der Waals surface area contributed by atoms with Gasteiger partial charge in [-0.25, -0.2) is 4.79 Å². The summed E-state index contributed by atoms with van der Waals surface area (Å²) >= 11 is 1.60. The maximum atomic E-state index is 11.9. The molecule has 2 unspecified atom stereocenters. The molecule has 2 rings (SSSR count). The van der Waals surface area contributed by atoms with E-state index in [0.29, 0.717) is 19.4 Å². The predicted octanol–water partition coefficient (Wildman–Crippen LogP) is 2.50. The molecule has 2 atom stereocenters. The number of thiophene rings is 1. The Bertz CT molecular complexity index is 514. The lowest BCUT2D eigenvalue weighted by molar-refractivity contribution is -0.148. The van der Waals surface area contributed by atoms with E-state index in [9.17, 15) is 14.7 Å². The minimum atomic E-state index is -0.851. The summed E-state index contributed by atoms with van der Waals surface area (Å²) < 4.78 is 0. The third-order valence-electron chi connectivity index (χ3n) is 4.13. The van der Waals surface area contributed by atoms with Gasteiger partial charge in [-0.3, -0.25) is 4.79 Å². The van der Waals surface area contributed by atoms with Crippen LogP contribution >= 0.6 is 11.3 Å². The summed E-state index contributed by atoms with van der Waals surface area (Å²) in [7, 11) is 0. The van der Waals surface area contributed by atoms with E-state index in [2.05, 4.69) is 10.6 Å². The molecule has 1 aromatic rings. The van der Waals surface area contributed by atoms with E-state index in [4.69, 9.17) is 0 Å². The first-order valence-corrected chi connectivity index (χ1v) is 7.62. The zero-order valence-corrected chi connectivity index (χ0v) is 12.5. The van der Waals surface area contributed by atoms with E-state index in [-0.39, 0.29) is 12.1 Å². The van der Waals surface area contributed by atoms with E-state index >= 15 is 0 Å². The monoisotopic (exact) mass is 296 g/mol. The van der Waals surface area contributed by atoms with E-state index in [1.54, 1.807) is 18.3 Å². The van der Waals surface area contributed by atoms with Crippen molar-refractivity contribution >= 4 is 23.3 Å². The SMILES string of the molecule is Cc1ccsc1CNC(=O)NC1CCCC1(C)C(=O)O. The van der Waals surface area contributed by atoms with Gasteiger partial charge in [-0.05, 0) is 43.7 Å². The lowest BCUT2D eigenvalue weighted by Gasteiger charge is -2.27. The normalized spacial score (nSPS) is 25.4. The molecule has 0 aliphatic heterocycles. The molecule has 1 fully saturated rings. The van der Waals surface area contributed by atoms with Crippen molar-refractivity contribution in [3.05, 3.63) is 21.9 Å². The van der Waals surface area contributed by atoms with Gasteiger partial charge >= 0.3 is 12.0 Å². The van der Waals surface area contributed by atoms with Crippen LogP contribution in [0.5, 0.6) is 0 Å². The lowest BCUT2D eigenvalue weighted by Crippen LogP contribution is -2.50. The molecule has 6 heteroatoms. The number of hydrogen-bond acceptors (Lipinski definition) is 3. The second-order valence-electron chi connectivity index (χ2n) is 5.52. The van der Waals surface area contributed by atoms with Crippen molar-refractivity contribution in [2.24, 2.45) is 5.41 Å².